The monoisotopic (exact) mass is 394 g/mol. The molecule has 0 saturated heterocycles. The van der Waals surface area contributed by atoms with Crippen molar-refractivity contribution in [3.05, 3.63) is 39.5 Å². The minimum absolute atomic E-state index is 0.127. The number of rotatable bonds is 6. The maximum absolute atomic E-state index is 12.1. The molecule has 0 aliphatic carbocycles. The first-order chi connectivity index (χ1) is 12.6. The van der Waals surface area contributed by atoms with Gasteiger partial charge in [-0.15, -0.1) is 0 Å². The zero-order valence-corrected chi connectivity index (χ0v) is 15.6. The first-order valence-electron chi connectivity index (χ1n) is 8.33. The van der Waals surface area contributed by atoms with Gasteiger partial charge in [-0.25, -0.2) is 0 Å². The van der Waals surface area contributed by atoms with E-state index >= 15 is 0 Å². The summed E-state index contributed by atoms with van der Waals surface area (Å²) in [6.07, 6.45) is 1.60. The number of carbonyl (C=O) groups is 2. The minimum Gasteiger partial charge on any atom is -0.490 e. The fraction of sp³-hybridized carbons (Fsp3) is 0.333. The molecule has 0 unspecified atom stereocenters. The SMILES string of the molecule is O=C(CCCNC(=O)c1ccsc1)Nc1cc2c(cc1Cl)OCCCO2. The topological polar surface area (TPSA) is 76.7 Å². The van der Waals surface area contributed by atoms with Gasteiger partial charge in [0.25, 0.3) is 5.91 Å². The number of ether oxygens (including phenoxy) is 2. The van der Waals surface area contributed by atoms with E-state index in [1.165, 1.54) is 11.3 Å². The molecule has 6 nitrogen and oxygen atoms in total. The summed E-state index contributed by atoms with van der Waals surface area (Å²) in [5.41, 5.74) is 1.13. The van der Waals surface area contributed by atoms with E-state index in [4.69, 9.17) is 21.1 Å². The van der Waals surface area contributed by atoms with Crippen molar-refractivity contribution in [1.29, 1.82) is 0 Å². The highest BCUT2D eigenvalue weighted by Gasteiger charge is 2.15. The zero-order chi connectivity index (χ0) is 18.4. The lowest BCUT2D eigenvalue weighted by molar-refractivity contribution is -0.116. The van der Waals surface area contributed by atoms with Gasteiger partial charge in [-0.05, 0) is 17.9 Å². The average molecular weight is 395 g/mol. The maximum Gasteiger partial charge on any atom is 0.252 e. The van der Waals surface area contributed by atoms with Crippen LogP contribution in [0.3, 0.4) is 0 Å². The molecule has 0 fully saturated rings. The third-order valence-corrected chi connectivity index (χ3v) is 4.76. The molecule has 3 rings (SSSR count). The Morgan fingerprint density at radius 1 is 1.19 bits per heavy atom. The molecule has 2 heterocycles. The van der Waals surface area contributed by atoms with Gasteiger partial charge in [-0.2, -0.15) is 11.3 Å². The van der Waals surface area contributed by atoms with Crippen molar-refractivity contribution in [2.75, 3.05) is 25.1 Å². The Morgan fingerprint density at radius 2 is 1.96 bits per heavy atom. The normalized spacial score (nSPS) is 13.0. The van der Waals surface area contributed by atoms with Gasteiger partial charge in [-0.1, -0.05) is 11.6 Å². The van der Waals surface area contributed by atoms with E-state index in [-0.39, 0.29) is 18.2 Å². The second-order valence-electron chi connectivity index (χ2n) is 5.75. The quantitative estimate of drug-likeness (QED) is 0.732. The molecule has 8 heteroatoms. The molecule has 1 aromatic heterocycles. The van der Waals surface area contributed by atoms with Crippen LogP contribution in [-0.2, 0) is 4.79 Å². The van der Waals surface area contributed by atoms with Crippen LogP contribution in [0.2, 0.25) is 5.02 Å². The van der Waals surface area contributed by atoms with Crippen molar-refractivity contribution < 1.29 is 19.1 Å². The fourth-order valence-electron chi connectivity index (χ4n) is 2.44. The van der Waals surface area contributed by atoms with Crippen molar-refractivity contribution in [2.24, 2.45) is 0 Å². The van der Waals surface area contributed by atoms with Crippen LogP contribution in [0.15, 0.2) is 29.0 Å². The van der Waals surface area contributed by atoms with Crippen molar-refractivity contribution in [1.82, 2.24) is 5.32 Å². The Hall–Kier alpha value is -2.25. The fourth-order valence-corrected chi connectivity index (χ4v) is 3.28. The lowest BCUT2D eigenvalue weighted by Crippen LogP contribution is -2.25. The summed E-state index contributed by atoms with van der Waals surface area (Å²) in [5.74, 6) is 0.857. The Morgan fingerprint density at radius 3 is 2.69 bits per heavy atom. The summed E-state index contributed by atoms with van der Waals surface area (Å²) in [4.78, 5) is 23.9. The minimum atomic E-state index is -0.175. The molecule has 2 amide bonds. The number of halogens is 1. The van der Waals surface area contributed by atoms with Crippen LogP contribution in [-0.4, -0.2) is 31.6 Å². The Bertz CT molecular complexity index is 780. The number of fused-ring (bicyclic) bond motifs is 1. The molecular weight excluding hydrogens is 376 g/mol. The zero-order valence-electron chi connectivity index (χ0n) is 14.0. The molecule has 1 aromatic carbocycles. The van der Waals surface area contributed by atoms with Gasteiger partial charge in [0.1, 0.15) is 0 Å². The molecule has 26 heavy (non-hydrogen) atoms. The number of carbonyl (C=O) groups excluding carboxylic acids is 2. The number of hydrogen-bond donors (Lipinski definition) is 2. The van der Waals surface area contributed by atoms with Crippen molar-refractivity contribution >= 4 is 40.4 Å². The van der Waals surface area contributed by atoms with Gasteiger partial charge in [0.2, 0.25) is 5.91 Å². The maximum atomic E-state index is 12.1. The second-order valence-corrected chi connectivity index (χ2v) is 6.94. The number of benzene rings is 1. The van der Waals surface area contributed by atoms with E-state index in [9.17, 15) is 9.59 Å². The van der Waals surface area contributed by atoms with Crippen molar-refractivity contribution in [2.45, 2.75) is 19.3 Å². The molecule has 0 bridgehead atoms. The first-order valence-corrected chi connectivity index (χ1v) is 9.65. The third kappa shape index (κ3) is 4.89. The predicted octanol–water partition coefficient (Wildman–Crippen LogP) is 3.71. The molecule has 0 radical (unpaired) electrons. The van der Waals surface area contributed by atoms with Crippen LogP contribution >= 0.6 is 22.9 Å². The highest BCUT2D eigenvalue weighted by molar-refractivity contribution is 7.08. The second kappa shape index (κ2) is 8.91. The molecule has 2 aromatic rings. The van der Waals surface area contributed by atoms with Crippen LogP contribution in [0, 0.1) is 0 Å². The van der Waals surface area contributed by atoms with Crippen molar-refractivity contribution in [3.63, 3.8) is 0 Å². The molecule has 0 spiro atoms. The number of thiophene rings is 1. The van der Waals surface area contributed by atoms with E-state index in [2.05, 4.69) is 10.6 Å². The van der Waals surface area contributed by atoms with Gasteiger partial charge in [0.05, 0.1) is 23.9 Å². The molecule has 0 atom stereocenters. The average Bonchev–Trinajstić information content (AvgIpc) is 3.07. The van der Waals surface area contributed by atoms with Crippen LogP contribution in [0.5, 0.6) is 11.5 Å². The Kier molecular flexibility index (Phi) is 6.35. The summed E-state index contributed by atoms with van der Waals surface area (Å²) >= 11 is 7.68. The van der Waals surface area contributed by atoms with Crippen LogP contribution in [0.4, 0.5) is 5.69 Å². The summed E-state index contributed by atoms with van der Waals surface area (Å²) < 4.78 is 11.2. The number of nitrogens with one attached hydrogen (secondary N) is 2. The highest BCUT2D eigenvalue weighted by atomic mass is 35.5. The summed E-state index contributed by atoms with van der Waals surface area (Å²) in [5, 5.41) is 9.60. The standard InChI is InChI=1S/C18H19ClN2O4S/c19-13-9-15-16(25-7-2-6-24-15)10-14(13)21-17(22)3-1-5-20-18(23)12-4-8-26-11-12/h4,8-11H,1-3,5-7H2,(H,20,23)(H,21,22). The van der Waals surface area contributed by atoms with Crippen LogP contribution < -0.4 is 20.1 Å². The van der Waals surface area contributed by atoms with E-state index in [0.717, 1.165) is 6.42 Å². The summed E-state index contributed by atoms with van der Waals surface area (Å²) in [7, 11) is 0. The molecule has 1 aliphatic heterocycles. The van der Waals surface area contributed by atoms with Gasteiger partial charge >= 0.3 is 0 Å². The van der Waals surface area contributed by atoms with Gasteiger partial charge in [0, 0.05) is 42.5 Å². The Balaban J connectivity index is 1.47. The largest absolute Gasteiger partial charge is 0.490 e. The van der Waals surface area contributed by atoms with E-state index in [0.29, 0.717) is 54.0 Å². The van der Waals surface area contributed by atoms with Gasteiger partial charge in [0.15, 0.2) is 11.5 Å². The Labute approximate surface area is 160 Å². The molecule has 2 N–H and O–H groups in total. The number of amides is 2. The molecule has 138 valence electrons. The summed E-state index contributed by atoms with van der Waals surface area (Å²) in [6.45, 7) is 1.56. The number of anilines is 1. The first kappa shape index (κ1) is 18.5. The third-order valence-electron chi connectivity index (χ3n) is 3.76. The van der Waals surface area contributed by atoms with Crippen LogP contribution in [0.1, 0.15) is 29.6 Å². The highest BCUT2D eigenvalue weighted by Crippen LogP contribution is 2.37. The molecule has 0 saturated carbocycles. The molecular formula is C18H19ClN2O4S. The molecule has 1 aliphatic rings. The van der Waals surface area contributed by atoms with E-state index < -0.39 is 0 Å². The smallest absolute Gasteiger partial charge is 0.252 e. The van der Waals surface area contributed by atoms with Gasteiger partial charge < -0.3 is 20.1 Å². The number of hydrogen-bond acceptors (Lipinski definition) is 5. The summed E-state index contributed by atoms with van der Waals surface area (Å²) in [6, 6.07) is 5.09. The van der Waals surface area contributed by atoms with Crippen molar-refractivity contribution in [3.8, 4) is 11.5 Å². The lowest BCUT2D eigenvalue weighted by Gasteiger charge is -2.12. The lowest BCUT2D eigenvalue weighted by atomic mass is 10.2. The predicted molar refractivity (Wildman–Crippen MR) is 102 cm³/mol. The van der Waals surface area contributed by atoms with E-state index in [1.807, 2.05) is 5.38 Å². The van der Waals surface area contributed by atoms with Crippen LogP contribution in [0.25, 0.3) is 0 Å². The van der Waals surface area contributed by atoms with Gasteiger partial charge in [-0.3, -0.25) is 9.59 Å². The van der Waals surface area contributed by atoms with E-state index in [1.54, 1.807) is 23.6 Å².